The highest BCUT2D eigenvalue weighted by atomic mass is 32.1. The van der Waals surface area contributed by atoms with Crippen molar-refractivity contribution in [1.82, 2.24) is 19.5 Å². The van der Waals surface area contributed by atoms with Gasteiger partial charge in [-0.2, -0.15) is 0 Å². The van der Waals surface area contributed by atoms with Crippen molar-refractivity contribution in [3.05, 3.63) is 17.3 Å². The molecule has 5 heteroatoms. The molecule has 0 unspecified atom stereocenters. The first-order valence-electron chi connectivity index (χ1n) is 4.14. The molecule has 70 valence electrons. The number of nitrogens with zero attached hydrogens (tertiary/aromatic N) is 3. The number of rotatable bonds is 0. The van der Waals surface area contributed by atoms with Crippen LogP contribution in [0.15, 0.2) is 12.7 Å². The molecule has 0 amide bonds. The van der Waals surface area contributed by atoms with Crippen molar-refractivity contribution in [2.24, 2.45) is 7.05 Å². The van der Waals surface area contributed by atoms with Crippen molar-refractivity contribution >= 4 is 23.4 Å². The van der Waals surface area contributed by atoms with Crippen molar-refractivity contribution in [2.75, 3.05) is 0 Å². The van der Waals surface area contributed by atoms with Gasteiger partial charge in [-0.3, -0.25) is 0 Å². The number of hydrogen-bond acceptors (Lipinski definition) is 3. The van der Waals surface area contributed by atoms with Gasteiger partial charge >= 0.3 is 0 Å². The minimum atomic E-state index is 0.541. The summed E-state index contributed by atoms with van der Waals surface area (Å²) >= 11 is 4.96. The van der Waals surface area contributed by atoms with Crippen LogP contribution < -0.4 is 0 Å². The minimum absolute atomic E-state index is 0.541. The van der Waals surface area contributed by atoms with E-state index in [0.717, 1.165) is 11.2 Å². The fourth-order valence-corrected chi connectivity index (χ4v) is 1.17. The smallest absolute Gasteiger partial charge is 0.157 e. The van der Waals surface area contributed by atoms with Crippen LogP contribution in [0.25, 0.3) is 11.2 Å². The highest BCUT2D eigenvalue weighted by Gasteiger charge is 1.99. The second-order valence-electron chi connectivity index (χ2n) is 2.26. The average molecular weight is 196 g/mol. The molecule has 1 N–H and O–H groups in total. The summed E-state index contributed by atoms with van der Waals surface area (Å²) in [6.07, 6.45) is 3.28. The Morgan fingerprint density at radius 1 is 1.38 bits per heavy atom. The van der Waals surface area contributed by atoms with Crippen LogP contribution in [0.3, 0.4) is 0 Å². The molecular formula is C8H12N4S. The molecule has 2 heterocycles. The number of aromatic nitrogens is 4. The Kier molecular flexibility index (Phi) is 3.13. The number of hydrogen-bond donors (Lipinski definition) is 1. The van der Waals surface area contributed by atoms with E-state index in [2.05, 4.69) is 15.0 Å². The molecule has 0 fully saturated rings. The van der Waals surface area contributed by atoms with Gasteiger partial charge in [-0.15, -0.1) is 0 Å². The average Bonchev–Trinajstić information content (AvgIpc) is 2.53. The largest absolute Gasteiger partial charge is 0.331 e. The fourth-order valence-electron chi connectivity index (χ4n) is 0.970. The van der Waals surface area contributed by atoms with E-state index in [1.165, 1.54) is 0 Å². The van der Waals surface area contributed by atoms with E-state index in [1.54, 1.807) is 12.7 Å². The number of fused-ring (bicyclic) bond motifs is 1. The summed E-state index contributed by atoms with van der Waals surface area (Å²) in [5, 5.41) is 0. The van der Waals surface area contributed by atoms with Crippen LogP contribution in [-0.4, -0.2) is 19.5 Å². The molecule has 0 spiro atoms. The van der Waals surface area contributed by atoms with Crippen LogP contribution in [-0.2, 0) is 7.05 Å². The molecule has 0 saturated carbocycles. The predicted octanol–water partition coefficient (Wildman–Crippen LogP) is 2.05. The Bertz CT molecular complexity index is 443. The van der Waals surface area contributed by atoms with E-state index in [1.807, 2.05) is 25.5 Å². The number of nitrogens with one attached hydrogen (secondary N) is 1. The molecule has 2 rings (SSSR count). The van der Waals surface area contributed by atoms with Crippen LogP contribution in [0.4, 0.5) is 0 Å². The van der Waals surface area contributed by atoms with Gasteiger partial charge in [-0.1, -0.05) is 26.1 Å². The van der Waals surface area contributed by atoms with Gasteiger partial charge in [0.05, 0.1) is 12.7 Å². The van der Waals surface area contributed by atoms with Crippen LogP contribution in [0.1, 0.15) is 13.8 Å². The monoisotopic (exact) mass is 196 g/mol. The lowest BCUT2D eigenvalue weighted by atomic mass is 10.6. The van der Waals surface area contributed by atoms with Crippen molar-refractivity contribution in [2.45, 2.75) is 13.8 Å². The maximum Gasteiger partial charge on any atom is 0.157 e. The first kappa shape index (κ1) is 9.85. The third-order valence-electron chi connectivity index (χ3n) is 1.52. The normalized spacial score (nSPS) is 9.46. The third kappa shape index (κ3) is 1.75. The molecule has 0 atom stereocenters. The fraction of sp³-hybridized carbons (Fsp3) is 0.375. The number of imidazole rings is 1. The van der Waals surface area contributed by atoms with E-state index in [0.29, 0.717) is 4.64 Å². The van der Waals surface area contributed by atoms with E-state index >= 15 is 0 Å². The molecule has 0 radical (unpaired) electrons. The van der Waals surface area contributed by atoms with E-state index in [4.69, 9.17) is 12.2 Å². The Morgan fingerprint density at radius 3 is 2.69 bits per heavy atom. The summed E-state index contributed by atoms with van der Waals surface area (Å²) in [7, 11) is 1.90. The van der Waals surface area contributed by atoms with Gasteiger partial charge in [-0.05, 0) is 0 Å². The van der Waals surface area contributed by atoms with Gasteiger partial charge in [0.25, 0.3) is 0 Å². The quantitative estimate of drug-likeness (QED) is 0.656. The zero-order chi connectivity index (χ0) is 9.84. The van der Waals surface area contributed by atoms with Gasteiger partial charge in [0, 0.05) is 7.05 Å². The maximum atomic E-state index is 4.96. The van der Waals surface area contributed by atoms with E-state index in [-0.39, 0.29) is 0 Å². The Labute approximate surface area is 81.7 Å². The third-order valence-corrected chi connectivity index (χ3v) is 1.82. The highest BCUT2D eigenvalue weighted by Crippen LogP contribution is 2.06. The standard InChI is InChI=1S/C6H6N4S.C2H6/c1-10-3-9-4-5(10)7-2-8-6(4)11;1-2/h2-3H,1H3,(H,7,8,11);1-2H3. The minimum Gasteiger partial charge on any atom is -0.331 e. The summed E-state index contributed by atoms with van der Waals surface area (Å²) in [5.74, 6) is 0. The molecule has 0 saturated heterocycles. The summed E-state index contributed by atoms with van der Waals surface area (Å²) in [6.45, 7) is 4.00. The molecule has 0 bridgehead atoms. The van der Waals surface area contributed by atoms with Gasteiger partial charge in [0.2, 0.25) is 0 Å². The number of aromatic amines is 1. The van der Waals surface area contributed by atoms with Crippen molar-refractivity contribution in [3.63, 3.8) is 0 Å². The molecule has 0 aromatic carbocycles. The summed E-state index contributed by atoms with van der Waals surface area (Å²) < 4.78 is 2.41. The topological polar surface area (TPSA) is 46.5 Å². The first-order chi connectivity index (χ1) is 6.29. The summed E-state index contributed by atoms with van der Waals surface area (Å²) in [5.41, 5.74) is 1.66. The second kappa shape index (κ2) is 4.13. The van der Waals surface area contributed by atoms with E-state index < -0.39 is 0 Å². The zero-order valence-corrected chi connectivity index (χ0v) is 8.72. The number of aryl methyl sites for hydroxylation is 1. The number of H-pyrrole nitrogens is 1. The van der Waals surface area contributed by atoms with Crippen LogP contribution in [0.5, 0.6) is 0 Å². The maximum absolute atomic E-state index is 4.96. The lowest BCUT2D eigenvalue weighted by molar-refractivity contribution is 0.928. The van der Waals surface area contributed by atoms with Gasteiger partial charge < -0.3 is 9.55 Å². The van der Waals surface area contributed by atoms with E-state index in [9.17, 15) is 0 Å². The Balaban J connectivity index is 0.000000396. The zero-order valence-electron chi connectivity index (χ0n) is 7.90. The second-order valence-corrected chi connectivity index (χ2v) is 2.65. The van der Waals surface area contributed by atoms with Crippen molar-refractivity contribution in [1.29, 1.82) is 0 Å². The Morgan fingerprint density at radius 2 is 2.08 bits per heavy atom. The molecule has 2 aromatic heterocycles. The lowest BCUT2D eigenvalue weighted by Gasteiger charge is -1.91. The molecule has 0 aliphatic heterocycles. The summed E-state index contributed by atoms with van der Waals surface area (Å²) in [6, 6.07) is 0. The summed E-state index contributed by atoms with van der Waals surface area (Å²) in [4.78, 5) is 10.9. The lowest BCUT2D eigenvalue weighted by Crippen LogP contribution is -1.88. The molecular weight excluding hydrogens is 184 g/mol. The van der Waals surface area contributed by atoms with Crippen LogP contribution in [0, 0.1) is 4.64 Å². The Hall–Kier alpha value is -1.23. The molecule has 2 aromatic rings. The highest BCUT2D eigenvalue weighted by molar-refractivity contribution is 7.71. The van der Waals surface area contributed by atoms with Crippen molar-refractivity contribution < 1.29 is 0 Å². The SMILES string of the molecule is CC.Cn1cnc2c(=S)nc[nH]c21. The molecule has 4 nitrogen and oxygen atoms in total. The molecule has 0 aliphatic rings. The van der Waals surface area contributed by atoms with Gasteiger partial charge in [0.15, 0.2) is 4.64 Å². The van der Waals surface area contributed by atoms with Crippen LogP contribution >= 0.6 is 12.2 Å². The first-order valence-corrected chi connectivity index (χ1v) is 4.54. The predicted molar refractivity (Wildman–Crippen MR) is 55.0 cm³/mol. The van der Waals surface area contributed by atoms with Gasteiger partial charge in [0.1, 0.15) is 11.2 Å². The van der Waals surface area contributed by atoms with Crippen LogP contribution in [0.2, 0.25) is 0 Å². The molecule has 0 aliphatic carbocycles. The molecule has 13 heavy (non-hydrogen) atoms. The van der Waals surface area contributed by atoms with Crippen molar-refractivity contribution in [3.8, 4) is 0 Å². The van der Waals surface area contributed by atoms with Gasteiger partial charge in [-0.25, -0.2) is 9.97 Å².